The number of hydrogen-bond donors (Lipinski definition) is 3. The number of nitrogens with zero attached hydrogens (tertiary/aromatic N) is 2. The van der Waals surface area contributed by atoms with Crippen molar-refractivity contribution in [1.82, 2.24) is 20.0 Å². The van der Waals surface area contributed by atoms with E-state index in [4.69, 9.17) is 5.73 Å². The second-order valence-corrected chi connectivity index (χ2v) is 11.4. The van der Waals surface area contributed by atoms with E-state index in [1.165, 1.54) is 6.20 Å². The molecular weight excluding hydrogens is 450 g/mol. The van der Waals surface area contributed by atoms with E-state index in [1.54, 1.807) is 30.6 Å². The number of nitrogens with one attached hydrogen (secondary N) is 2. The van der Waals surface area contributed by atoms with Crippen molar-refractivity contribution in [3.8, 4) is 0 Å². The normalized spacial score (nSPS) is 20.0. The fourth-order valence-electron chi connectivity index (χ4n) is 4.59. The average molecular weight is 480 g/mol. The quantitative estimate of drug-likeness (QED) is 0.477. The lowest BCUT2D eigenvalue weighted by Crippen LogP contribution is -2.28. The second kappa shape index (κ2) is 8.72. The Hall–Kier alpha value is -2.88. The van der Waals surface area contributed by atoms with E-state index < -0.39 is 16.1 Å². The molecule has 0 aliphatic heterocycles. The zero-order valence-corrected chi connectivity index (χ0v) is 20.1. The van der Waals surface area contributed by atoms with Crippen molar-refractivity contribution >= 4 is 26.7 Å². The topological polar surface area (TPSA) is 127 Å². The maximum Gasteiger partial charge on any atom is 0.253 e. The molecule has 2 aliphatic carbocycles. The molecule has 2 aliphatic rings. The molecule has 0 saturated heterocycles. The third-order valence-corrected chi connectivity index (χ3v) is 7.98. The number of aromatic nitrogens is 2. The van der Waals surface area contributed by atoms with Crippen LogP contribution in [0.5, 0.6) is 0 Å². The van der Waals surface area contributed by atoms with Gasteiger partial charge in [0.2, 0.25) is 10.0 Å². The number of amides is 1. The summed E-state index contributed by atoms with van der Waals surface area (Å²) in [6.07, 6.45) is 7.48. The Balaban J connectivity index is 1.62. The molecule has 0 spiro atoms. The lowest BCUT2D eigenvalue weighted by atomic mass is 9.98. The van der Waals surface area contributed by atoms with Crippen molar-refractivity contribution in [3.63, 3.8) is 0 Å². The molecule has 1 saturated carbocycles. The van der Waals surface area contributed by atoms with Gasteiger partial charge in [-0.1, -0.05) is 13.8 Å². The monoisotopic (exact) mass is 479 g/mol. The number of rotatable bonds is 7. The van der Waals surface area contributed by atoms with Crippen LogP contribution < -0.4 is 15.8 Å². The number of fused-ring (bicyclic) bond motifs is 3. The number of carbonyl (C=O) groups is 1. The smallest absolute Gasteiger partial charge is 0.253 e. The summed E-state index contributed by atoms with van der Waals surface area (Å²) >= 11 is 0. The van der Waals surface area contributed by atoms with Gasteiger partial charge in [0.1, 0.15) is 0 Å². The number of nitrogens with two attached hydrogens (primary N) is 1. The van der Waals surface area contributed by atoms with Crippen molar-refractivity contribution in [3.05, 3.63) is 65.2 Å². The number of benzene rings is 1. The zero-order chi connectivity index (χ0) is 24.0. The predicted molar refractivity (Wildman–Crippen MR) is 130 cm³/mol. The summed E-state index contributed by atoms with van der Waals surface area (Å²) in [4.78, 5) is 21.8. The average Bonchev–Trinajstić information content (AvgIpc) is 3.62. The van der Waals surface area contributed by atoms with Crippen LogP contribution in [0.1, 0.15) is 78.3 Å². The second-order valence-electron chi connectivity index (χ2n) is 9.66. The molecule has 4 N–H and O–H groups in total. The summed E-state index contributed by atoms with van der Waals surface area (Å²) in [5.41, 5.74) is 9.41. The first kappa shape index (κ1) is 22.9. The van der Waals surface area contributed by atoms with Gasteiger partial charge in [0.25, 0.3) is 5.91 Å². The summed E-state index contributed by atoms with van der Waals surface area (Å²) in [5.74, 6) is 0.304. The molecule has 34 heavy (non-hydrogen) atoms. The molecule has 9 heteroatoms. The van der Waals surface area contributed by atoms with Gasteiger partial charge in [0.15, 0.2) is 0 Å². The van der Waals surface area contributed by atoms with Crippen molar-refractivity contribution in [2.45, 2.75) is 56.0 Å². The van der Waals surface area contributed by atoms with Crippen LogP contribution in [0, 0.1) is 5.92 Å². The molecule has 3 aromatic rings. The summed E-state index contributed by atoms with van der Waals surface area (Å²) in [5, 5.41) is 4.42. The lowest BCUT2D eigenvalue weighted by molar-refractivity contribution is 0.0935. The van der Waals surface area contributed by atoms with Crippen molar-refractivity contribution in [1.29, 1.82) is 0 Å². The van der Waals surface area contributed by atoms with Crippen molar-refractivity contribution < 1.29 is 13.2 Å². The molecule has 8 nitrogen and oxygen atoms in total. The Labute approximate surface area is 199 Å². The highest BCUT2D eigenvalue weighted by Crippen LogP contribution is 2.46. The highest BCUT2D eigenvalue weighted by Gasteiger charge is 2.35. The number of carbonyl (C=O) groups excluding carboxylic acids is 1. The molecule has 1 aromatic carbocycles. The Morgan fingerprint density at radius 3 is 2.68 bits per heavy atom. The first-order valence-electron chi connectivity index (χ1n) is 11.7. The number of pyridine rings is 2. The van der Waals surface area contributed by atoms with Gasteiger partial charge in [0.05, 0.1) is 16.5 Å². The van der Waals surface area contributed by atoms with E-state index >= 15 is 0 Å². The minimum Gasteiger partial charge on any atom is -0.345 e. The first-order valence-corrected chi connectivity index (χ1v) is 13.2. The summed E-state index contributed by atoms with van der Waals surface area (Å²) in [6, 6.07) is 6.26. The molecule has 0 radical (unpaired) electrons. The summed E-state index contributed by atoms with van der Waals surface area (Å²) < 4.78 is 29.4. The van der Waals surface area contributed by atoms with E-state index in [0.717, 1.165) is 35.0 Å². The molecule has 178 valence electrons. The van der Waals surface area contributed by atoms with Crippen molar-refractivity contribution in [2.75, 3.05) is 6.54 Å². The largest absolute Gasteiger partial charge is 0.345 e. The SMILES string of the molecule is CC(C)CNS(=O)(=O)c1cc2c(c3cnc(C4CC4)cc13)[C@@H](NC(=O)c1cccnc1)C[C@H]2N. The number of sulfonamides is 1. The third kappa shape index (κ3) is 4.31. The predicted octanol–water partition coefficient (Wildman–Crippen LogP) is 3.32. The van der Waals surface area contributed by atoms with E-state index in [0.29, 0.717) is 29.8 Å². The highest BCUT2D eigenvalue weighted by atomic mass is 32.2. The first-order chi connectivity index (χ1) is 16.2. The summed E-state index contributed by atoms with van der Waals surface area (Å²) in [6.45, 7) is 4.27. The molecule has 2 heterocycles. The van der Waals surface area contributed by atoms with Crippen LogP contribution in [0.3, 0.4) is 0 Å². The van der Waals surface area contributed by atoms with Crippen LogP contribution in [0.2, 0.25) is 0 Å². The van der Waals surface area contributed by atoms with E-state index in [2.05, 4.69) is 20.0 Å². The van der Waals surface area contributed by atoms with Gasteiger partial charge >= 0.3 is 0 Å². The van der Waals surface area contributed by atoms with E-state index in [-0.39, 0.29) is 22.8 Å². The minimum atomic E-state index is -3.76. The van der Waals surface area contributed by atoms with Crippen LogP contribution in [0.25, 0.3) is 10.8 Å². The summed E-state index contributed by atoms with van der Waals surface area (Å²) in [7, 11) is -3.76. The maximum absolute atomic E-state index is 13.3. The van der Waals surface area contributed by atoms with Gasteiger partial charge in [-0.2, -0.15) is 0 Å². The molecule has 0 unspecified atom stereocenters. The molecule has 2 aromatic heterocycles. The van der Waals surface area contributed by atoms with E-state index in [1.807, 2.05) is 19.9 Å². The molecule has 0 bridgehead atoms. The van der Waals surface area contributed by atoms with Gasteiger partial charge in [0, 0.05) is 53.6 Å². The van der Waals surface area contributed by atoms with Crippen molar-refractivity contribution in [2.24, 2.45) is 11.7 Å². The molecule has 1 amide bonds. The van der Waals surface area contributed by atoms with Gasteiger partial charge in [-0.3, -0.25) is 14.8 Å². The lowest BCUT2D eigenvalue weighted by Gasteiger charge is -2.19. The molecule has 1 fully saturated rings. The minimum absolute atomic E-state index is 0.175. The third-order valence-electron chi connectivity index (χ3n) is 6.51. The van der Waals surface area contributed by atoms with E-state index in [9.17, 15) is 13.2 Å². The Morgan fingerprint density at radius 1 is 1.21 bits per heavy atom. The standard InChI is InChI=1S/C25H29N5O3S/c1-14(2)11-29-34(32,33)23-9-18-20(26)10-22(30-25(31)16-4-3-7-27-12-16)24(18)19-13-28-21(8-17(19)23)15-5-6-15/h3-4,7-9,12-15,20,22,29H,5-6,10-11,26H2,1-2H3,(H,30,31)/t20-,22+/m1/s1. The Kier molecular flexibility index (Phi) is 5.87. The van der Waals surface area contributed by atoms with Gasteiger partial charge in [-0.25, -0.2) is 13.1 Å². The Morgan fingerprint density at radius 2 is 2.00 bits per heavy atom. The van der Waals surface area contributed by atoms with Gasteiger partial charge in [-0.15, -0.1) is 0 Å². The highest BCUT2D eigenvalue weighted by molar-refractivity contribution is 7.89. The Bertz CT molecular complexity index is 1350. The molecular formula is C25H29N5O3S. The molecule has 2 atom stereocenters. The fourth-order valence-corrected chi connectivity index (χ4v) is 6.03. The van der Waals surface area contributed by atoms with Crippen LogP contribution in [0.15, 0.2) is 47.8 Å². The van der Waals surface area contributed by atoms with Gasteiger partial charge < -0.3 is 11.1 Å². The maximum atomic E-state index is 13.3. The van der Waals surface area contributed by atoms with Crippen LogP contribution in [-0.2, 0) is 10.0 Å². The number of hydrogen-bond acceptors (Lipinski definition) is 6. The van der Waals surface area contributed by atoms with Crippen LogP contribution in [-0.4, -0.2) is 30.8 Å². The van der Waals surface area contributed by atoms with Crippen LogP contribution in [0.4, 0.5) is 0 Å². The van der Waals surface area contributed by atoms with Gasteiger partial charge in [-0.05, 0) is 60.6 Å². The fraction of sp³-hybridized carbons (Fsp3) is 0.400. The van der Waals surface area contributed by atoms with Crippen LogP contribution >= 0.6 is 0 Å². The molecule has 5 rings (SSSR count). The zero-order valence-electron chi connectivity index (χ0n) is 19.3.